The van der Waals surface area contributed by atoms with Crippen LogP contribution in [0.3, 0.4) is 0 Å². The predicted molar refractivity (Wildman–Crippen MR) is 105 cm³/mol. The zero-order chi connectivity index (χ0) is 18.8. The Balaban J connectivity index is 0.00000225. The molecular formula is C19H21ClN4O4. The molecule has 1 atom stereocenters. The number of nitrogens with zero attached hydrogens (tertiary/aromatic N) is 4. The Hall–Kier alpha value is -2.84. The number of hydroxylamine groups is 2. The molecule has 0 spiro atoms. The lowest BCUT2D eigenvalue weighted by atomic mass is 10.2. The van der Waals surface area contributed by atoms with Crippen LogP contribution in [-0.4, -0.2) is 52.6 Å². The number of benzene rings is 1. The van der Waals surface area contributed by atoms with Gasteiger partial charge in [-0.2, -0.15) is 5.10 Å². The molecule has 1 fully saturated rings. The highest BCUT2D eigenvalue weighted by Crippen LogP contribution is 2.32. The van der Waals surface area contributed by atoms with Crippen LogP contribution in [0.4, 0.5) is 0 Å². The second kappa shape index (κ2) is 8.45. The third-order valence-corrected chi connectivity index (χ3v) is 4.60. The highest BCUT2D eigenvalue weighted by molar-refractivity contribution is 5.87. The normalized spacial score (nSPS) is 16.6. The molecule has 2 aromatic heterocycles. The molecule has 1 unspecified atom stereocenters. The van der Waals surface area contributed by atoms with Gasteiger partial charge in [0.05, 0.1) is 19.7 Å². The van der Waals surface area contributed by atoms with Crippen molar-refractivity contribution < 1.29 is 19.1 Å². The van der Waals surface area contributed by atoms with Crippen LogP contribution in [0.25, 0.3) is 16.7 Å². The van der Waals surface area contributed by atoms with Crippen molar-refractivity contribution in [2.75, 3.05) is 20.8 Å². The van der Waals surface area contributed by atoms with Gasteiger partial charge in [-0.05, 0) is 31.0 Å². The van der Waals surface area contributed by atoms with Crippen LogP contribution in [0, 0.1) is 0 Å². The van der Waals surface area contributed by atoms with Gasteiger partial charge in [-0.15, -0.1) is 17.5 Å². The standard InChI is InChI=1S/C19H20N4O4.ClH/c1-25-13-6-7-14-15(11-13)21-18(22-9-4-8-20-22)12-17(14)27-23-10-3-5-16(23)19(24)26-2;/h4,6-9,11-12,16H,3,5,10H2,1-2H3;1H. The SMILES string of the molecule is COC(=O)C1CCCN1Oc1cc(-n2cccn2)nc2cc(OC)ccc12.Cl. The van der Waals surface area contributed by atoms with Crippen molar-refractivity contribution in [3.8, 4) is 17.3 Å². The van der Waals surface area contributed by atoms with Crippen molar-refractivity contribution in [1.82, 2.24) is 19.8 Å². The number of aromatic nitrogens is 3. The minimum atomic E-state index is -0.412. The van der Waals surface area contributed by atoms with Gasteiger partial charge < -0.3 is 14.3 Å². The molecule has 4 rings (SSSR count). The van der Waals surface area contributed by atoms with Crippen LogP contribution >= 0.6 is 12.4 Å². The quantitative estimate of drug-likeness (QED) is 0.605. The Morgan fingerprint density at radius 3 is 2.82 bits per heavy atom. The van der Waals surface area contributed by atoms with E-state index in [1.165, 1.54) is 7.11 Å². The Kier molecular flexibility index (Phi) is 6.01. The van der Waals surface area contributed by atoms with E-state index in [1.807, 2.05) is 36.5 Å². The van der Waals surface area contributed by atoms with E-state index in [4.69, 9.17) is 14.3 Å². The van der Waals surface area contributed by atoms with Crippen LogP contribution in [0.15, 0.2) is 42.7 Å². The first-order valence-electron chi connectivity index (χ1n) is 8.71. The number of methoxy groups -OCH3 is 2. The Morgan fingerprint density at radius 1 is 1.25 bits per heavy atom. The maximum atomic E-state index is 12.0. The van der Waals surface area contributed by atoms with Gasteiger partial charge in [0.25, 0.3) is 0 Å². The number of rotatable bonds is 5. The molecule has 3 aromatic rings. The fraction of sp³-hybridized carbons (Fsp3) is 0.316. The molecule has 28 heavy (non-hydrogen) atoms. The molecule has 1 aliphatic heterocycles. The lowest BCUT2D eigenvalue weighted by Gasteiger charge is -2.23. The number of pyridine rings is 1. The van der Waals surface area contributed by atoms with Gasteiger partial charge in [0, 0.05) is 36.5 Å². The number of esters is 1. The molecule has 0 bridgehead atoms. The summed E-state index contributed by atoms with van der Waals surface area (Å²) in [5, 5.41) is 6.74. The van der Waals surface area contributed by atoms with Gasteiger partial charge in [-0.1, -0.05) is 0 Å². The number of hydrogen-bond donors (Lipinski definition) is 0. The summed E-state index contributed by atoms with van der Waals surface area (Å²) >= 11 is 0. The molecule has 8 nitrogen and oxygen atoms in total. The van der Waals surface area contributed by atoms with Crippen molar-refractivity contribution in [1.29, 1.82) is 0 Å². The fourth-order valence-corrected chi connectivity index (χ4v) is 3.23. The third-order valence-electron chi connectivity index (χ3n) is 4.60. The van der Waals surface area contributed by atoms with E-state index in [0.29, 0.717) is 35.8 Å². The fourth-order valence-electron chi connectivity index (χ4n) is 3.23. The monoisotopic (exact) mass is 404 g/mol. The summed E-state index contributed by atoms with van der Waals surface area (Å²) in [4.78, 5) is 22.8. The highest BCUT2D eigenvalue weighted by atomic mass is 35.5. The van der Waals surface area contributed by atoms with E-state index in [-0.39, 0.29) is 18.4 Å². The molecule has 3 heterocycles. The number of carbonyl (C=O) groups is 1. The van der Waals surface area contributed by atoms with Gasteiger partial charge in [0.1, 0.15) is 11.8 Å². The van der Waals surface area contributed by atoms with Gasteiger partial charge in [0.2, 0.25) is 0 Å². The summed E-state index contributed by atoms with van der Waals surface area (Å²) in [7, 11) is 3.00. The summed E-state index contributed by atoms with van der Waals surface area (Å²) < 4.78 is 11.9. The minimum Gasteiger partial charge on any atom is -0.497 e. The van der Waals surface area contributed by atoms with E-state index in [0.717, 1.165) is 11.8 Å². The smallest absolute Gasteiger partial charge is 0.326 e. The second-order valence-corrected chi connectivity index (χ2v) is 6.23. The van der Waals surface area contributed by atoms with Gasteiger partial charge >= 0.3 is 5.97 Å². The zero-order valence-corrected chi connectivity index (χ0v) is 16.4. The van der Waals surface area contributed by atoms with Crippen LogP contribution in [-0.2, 0) is 9.53 Å². The molecule has 1 saturated heterocycles. The number of carbonyl (C=O) groups excluding carboxylic acids is 1. The van der Waals surface area contributed by atoms with E-state index in [1.54, 1.807) is 23.1 Å². The maximum absolute atomic E-state index is 12.0. The van der Waals surface area contributed by atoms with Gasteiger partial charge in [-0.3, -0.25) is 4.79 Å². The largest absolute Gasteiger partial charge is 0.497 e. The topological polar surface area (TPSA) is 78.7 Å². The molecule has 0 aliphatic carbocycles. The second-order valence-electron chi connectivity index (χ2n) is 6.23. The molecule has 0 radical (unpaired) electrons. The van der Waals surface area contributed by atoms with E-state index in [9.17, 15) is 4.79 Å². The summed E-state index contributed by atoms with van der Waals surface area (Å²) in [5.74, 6) is 1.63. The first-order chi connectivity index (χ1) is 13.2. The Morgan fingerprint density at radius 2 is 2.11 bits per heavy atom. The van der Waals surface area contributed by atoms with Crippen LogP contribution in [0.1, 0.15) is 12.8 Å². The van der Waals surface area contributed by atoms with Crippen LogP contribution < -0.4 is 9.57 Å². The summed E-state index contributed by atoms with van der Waals surface area (Å²) in [5.41, 5.74) is 0.714. The van der Waals surface area contributed by atoms with Crippen molar-refractivity contribution in [3.63, 3.8) is 0 Å². The number of ether oxygens (including phenoxy) is 2. The molecule has 1 aromatic carbocycles. The summed E-state index contributed by atoms with van der Waals surface area (Å²) in [6, 6.07) is 8.82. The average Bonchev–Trinajstić information content (AvgIpc) is 3.39. The van der Waals surface area contributed by atoms with Crippen molar-refractivity contribution in [3.05, 3.63) is 42.7 Å². The van der Waals surface area contributed by atoms with Crippen LogP contribution in [0.2, 0.25) is 0 Å². The molecule has 0 N–H and O–H groups in total. The summed E-state index contributed by atoms with van der Waals surface area (Å²) in [6.45, 7) is 0.650. The zero-order valence-electron chi connectivity index (χ0n) is 15.6. The van der Waals surface area contributed by atoms with Crippen LogP contribution in [0.5, 0.6) is 11.5 Å². The summed E-state index contributed by atoms with van der Waals surface area (Å²) in [6.07, 6.45) is 5.06. The lowest BCUT2D eigenvalue weighted by molar-refractivity contribution is -0.158. The number of fused-ring (bicyclic) bond motifs is 1. The lowest BCUT2D eigenvalue weighted by Crippen LogP contribution is -2.39. The number of hydrogen-bond acceptors (Lipinski definition) is 7. The molecule has 1 aliphatic rings. The Bertz CT molecular complexity index is 964. The third kappa shape index (κ3) is 3.74. The highest BCUT2D eigenvalue weighted by Gasteiger charge is 2.34. The molecule has 148 valence electrons. The first kappa shape index (κ1) is 19.9. The minimum absolute atomic E-state index is 0. The van der Waals surface area contributed by atoms with Crippen molar-refractivity contribution in [2.24, 2.45) is 0 Å². The van der Waals surface area contributed by atoms with E-state index in [2.05, 4.69) is 10.1 Å². The predicted octanol–water partition coefficient (Wildman–Crippen LogP) is 2.78. The molecule has 0 amide bonds. The van der Waals surface area contributed by atoms with Crippen molar-refractivity contribution >= 4 is 29.3 Å². The van der Waals surface area contributed by atoms with E-state index < -0.39 is 6.04 Å². The molecule has 0 saturated carbocycles. The number of halogens is 1. The molecular weight excluding hydrogens is 384 g/mol. The van der Waals surface area contributed by atoms with E-state index >= 15 is 0 Å². The van der Waals surface area contributed by atoms with Gasteiger partial charge in [-0.25, -0.2) is 9.67 Å². The Labute approximate surface area is 168 Å². The maximum Gasteiger partial charge on any atom is 0.326 e. The van der Waals surface area contributed by atoms with Crippen molar-refractivity contribution in [2.45, 2.75) is 18.9 Å². The molecule has 9 heteroatoms. The first-order valence-corrected chi connectivity index (χ1v) is 8.71. The average molecular weight is 405 g/mol. The van der Waals surface area contributed by atoms with Gasteiger partial charge in [0.15, 0.2) is 11.6 Å².